The molecule has 0 spiro atoms. The van der Waals surface area contributed by atoms with Crippen LogP contribution in [0.25, 0.3) is 11.0 Å². The summed E-state index contributed by atoms with van der Waals surface area (Å²) in [6.45, 7) is 4.03. The van der Waals surface area contributed by atoms with Gasteiger partial charge >= 0.3 is 5.97 Å². The molecule has 2 atom stereocenters. The highest BCUT2D eigenvalue weighted by molar-refractivity contribution is 6.07. The molecule has 0 saturated heterocycles. The van der Waals surface area contributed by atoms with Gasteiger partial charge in [0.2, 0.25) is 11.9 Å². The van der Waals surface area contributed by atoms with E-state index in [4.69, 9.17) is 9.47 Å². The van der Waals surface area contributed by atoms with Crippen LogP contribution in [-0.2, 0) is 14.3 Å². The maximum absolute atomic E-state index is 12.9. The standard InChI is InChI=1S/C21H21N3O5/c1-3-28-16-11-12(9-10-15(16)25)18-17(20(27)29-4-2)19(26)23-21-22-13-7-5-6-8-14(13)24(18)21/h5-11,17-18,25H,3-4H2,1-2H3,(H,22,23,26)/t17-,18+/m1/s1. The zero-order valence-electron chi connectivity index (χ0n) is 16.1. The Morgan fingerprint density at radius 3 is 2.76 bits per heavy atom. The summed E-state index contributed by atoms with van der Waals surface area (Å²) in [6, 6.07) is 11.5. The number of esters is 1. The van der Waals surface area contributed by atoms with Gasteiger partial charge in [-0.2, -0.15) is 0 Å². The number of carbonyl (C=O) groups is 2. The van der Waals surface area contributed by atoms with Crippen molar-refractivity contribution in [1.82, 2.24) is 9.55 Å². The SMILES string of the molecule is CCOC(=O)[C@H]1C(=O)Nc2nc3ccccc3n2[C@H]1c1ccc(O)c(OCC)c1. The maximum atomic E-state index is 12.9. The Bertz CT molecular complexity index is 1090. The Kier molecular flexibility index (Phi) is 4.84. The third kappa shape index (κ3) is 3.16. The van der Waals surface area contributed by atoms with E-state index in [-0.39, 0.29) is 18.1 Å². The molecule has 3 aromatic rings. The first kappa shape index (κ1) is 18.8. The molecule has 0 bridgehead atoms. The van der Waals surface area contributed by atoms with E-state index < -0.39 is 23.8 Å². The number of para-hydroxylation sites is 2. The lowest BCUT2D eigenvalue weighted by atomic mass is 9.90. The van der Waals surface area contributed by atoms with E-state index in [1.165, 1.54) is 6.07 Å². The maximum Gasteiger partial charge on any atom is 0.321 e. The fourth-order valence-electron chi connectivity index (χ4n) is 3.69. The number of nitrogens with zero attached hydrogens (tertiary/aromatic N) is 2. The third-order valence-corrected chi connectivity index (χ3v) is 4.87. The zero-order valence-corrected chi connectivity index (χ0v) is 16.1. The number of nitrogens with one attached hydrogen (secondary N) is 1. The second-order valence-electron chi connectivity index (χ2n) is 6.62. The van der Waals surface area contributed by atoms with Gasteiger partial charge in [-0.3, -0.25) is 14.9 Å². The van der Waals surface area contributed by atoms with Crippen LogP contribution in [0.4, 0.5) is 5.95 Å². The predicted octanol–water partition coefficient (Wildman–Crippen LogP) is 2.86. The van der Waals surface area contributed by atoms with E-state index in [1.807, 2.05) is 35.8 Å². The van der Waals surface area contributed by atoms with Crippen molar-refractivity contribution in [3.05, 3.63) is 48.0 Å². The molecule has 150 valence electrons. The summed E-state index contributed by atoms with van der Waals surface area (Å²) in [6.07, 6.45) is 0. The number of aromatic nitrogens is 2. The van der Waals surface area contributed by atoms with Gasteiger partial charge in [0.25, 0.3) is 0 Å². The number of carbonyl (C=O) groups excluding carboxylic acids is 2. The van der Waals surface area contributed by atoms with Crippen LogP contribution in [0.3, 0.4) is 0 Å². The molecule has 0 fully saturated rings. The molecule has 2 heterocycles. The van der Waals surface area contributed by atoms with E-state index in [0.717, 1.165) is 5.52 Å². The van der Waals surface area contributed by atoms with E-state index >= 15 is 0 Å². The number of fused-ring (bicyclic) bond motifs is 3. The van der Waals surface area contributed by atoms with Crippen LogP contribution in [0, 0.1) is 5.92 Å². The van der Waals surface area contributed by atoms with Crippen LogP contribution in [0.15, 0.2) is 42.5 Å². The number of aromatic hydroxyl groups is 1. The molecule has 1 amide bonds. The number of hydrogen-bond donors (Lipinski definition) is 2. The van der Waals surface area contributed by atoms with Crippen LogP contribution in [0.1, 0.15) is 25.5 Å². The molecule has 0 saturated carbocycles. The van der Waals surface area contributed by atoms with Crippen molar-refractivity contribution < 1.29 is 24.2 Å². The minimum Gasteiger partial charge on any atom is -0.504 e. The zero-order chi connectivity index (χ0) is 20.5. The van der Waals surface area contributed by atoms with Crippen molar-refractivity contribution in [3.8, 4) is 11.5 Å². The highest BCUT2D eigenvalue weighted by Gasteiger charge is 2.44. The number of hydrogen-bond acceptors (Lipinski definition) is 6. The van der Waals surface area contributed by atoms with Gasteiger partial charge in [-0.05, 0) is 43.7 Å². The number of ether oxygens (including phenoxy) is 2. The third-order valence-electron chi connectivity index (χ3n) is 4.87. The van der Waals surface area contributed by atoms with Crippen molar-refractivity contribution in [1.29, 1.82) is 0 Å². The number of anilines is 1. The molecule has 0 unspecified atom stereocenters. The first-order valence-electron chi connectivity index (χ1n) is 9.45. The van der Waals surface area contributed by atoms with E-state index in [1.54, 1.807) is 19.1 Å². The van der Waals surface area contributed by atoms with E-state index in [0.29, 0.717) is 23.6 Å². The fraction of sp³-hybridized carbons (Fsp3) is 0.286. The minimum absolute atomic E-state index is 0.0146. The van der Waals surface area contributed by atoms with Crippen LogP contribution >= 0.6 is 0 Å². The van der Waals surface area contributed by atoms with Crippen LogP contribution in [0.2, 0.25) is 0 Å². The Balaban J connectivity index is 1.94. The monoisotopic (exact) mass is 395 g/mol. The van der Waals surface area contributed by atoms with Gasteiger partial charge < -0.3 is 19.1 Å². The van der Waals surface area contributed by atoms with Crippen LogP contribution in [-0.4, -0.2) is 39.7 Å². The molecule has 4 rings (SSSR count). The quantitative estimate of drug-likeness (QED) is 0.509. The predicted molar refractivity (Wildman–Crippen MR) is 106 cm³/mol. The highest BCUT2D eigenvalue weighted by Crippen LogP contribution is 2.41. The van der Waals surface area contributed by atoms with E-state index in [9.17, 15) is 14.7 Å². The lowest BCUT2D eigenvalue weighted by Gasteiger charge is -2.32. The second kappa shape index (κ2) is 7.46. The molecule has 1 aromatic heterocycles. The molecule has 1 aliphatic heterocycles. The summed E-state index contributed by atoms with van der Waals surface area (Å²) in [5.41, 5.74) is 2.09. The number of rotatable bonds is 5. The molecule has 29 heavy (non-hydrogen) atoms. The van der Waals surface area contributed by atoms with Crippen LogP contribution in [0.5, 0.6) is 11.5 Å². The Morgan fingerprint density at radius 2 is 2.00 bits per heavy atom. The van der Waals surface area contributed by atoms with Crippen molar-refractivity contribution in [2.75, 3.05) is 18.5 Å². The largest absolute Gasteiger partial charge is 0.504 e. The van der Waals surface area contributed by atoms with Crippen LogP contribution < -0.4 is 10.1 Å². The lowest BCUT2D eigenvalue weighted by Crippen LogP contribution is -2.43. The topological polar surface area (TPSA) is 103 Å². The Morgan fingerprint density at radius 1 is 1.21 bits per heavy atom. The minimum atomic E-state index is -1.11. The smallest absolute Gasteiger partial charge is 0.321 e. The average Bonchev–Trinajstić information content (AvgIpc) is 3.06. The highest BCUT2D eigenvalue weighted by atomic mass is 16.5. The van der Waals surface area contributed by atoms with Gasteiger partial charge in [0.15, 0.2) is 17.4 Å². The van der Waals surface area contributed by atoms with Gasteiger partial charge in [-0.25, -0.2) is 4.98 Å². The van der Waals surface area contributed by atoms with Crippen molar-refractivity contribution in [2.45, 2.75) is 19.9 Å². The summed E-state index contributed by atoms with van der Waals surface area (Å²) in [7, 11) is 0. The normalized spacial score (nSPS) is 18.2. The summed E-state index contributed by atoms with van der Waals surface area (Å²) >= 11 is 0. The molecule has 2 aromatic carbocycles. The van der Waals surface area contributed by atoms with Gasteiger partial charge in [-0.15, -0.1) is 0 Å². The molecular weight excluding hydrogens is 374 g/mol. The van der Waals surface area contributed by atoms with Crippen molar-refractivity contribution >= 4 is 28.9 Å². The molecule has 8 heteroatoms. The number of phenolic OH excluding ortho intramolecular Hbond substituents is 1. The first-order chi connectivity index (χ1) is 14.0. The summed E-state index contributed by atoms with van der Waals surface area (Å²) in [5.74, 6) is -1.59. The van der Waals surface area contributed by atoms with Gasteiger partial charge in [0.1, 0.15) is 0 Å². The molecule has 0 aliphatic carbocycles. The molecular formula is C21H21N3O5. The number of imidazole rings is 1. The molecule has 8 nitrogen and oxygen atoms in total. The van der Waals surface area contributed by atoms with Crippen molar-refractivity contribution in [3.63, 3.8) is 0 Å². The summed E-state index contributed by atoms with van der Waals surface area (Å²) < 4.78 is 12.5. The van der Waals surface area contributed by atoms with Gasteiger partial charge in [0.05, 0.1) is 30.3 Å². The molecule has 0 radical (unpaired) electrons. The number of amides is 1. The fourth-order valence-corrected chi connectivity index (χ4v) is 3.69. The van der Waals surface area contributed by atoms with Crippen molar-refractivity contribution in [2.24, 2.45) is 5.92 Å². The first-order valence-corrected chi connectivity index (χ1v) is 9.45. The second-order valence-corrected chi connectivity index (χ2v) is 6.62. The summed E-state index contributed by atoms with van der Waals surface area (Å²) in [4.78, 5) is 30.1. The number of phenols is 1. The van der Waals surface area contributed by atoms with E-state index in [2.05, 4.69) is 10.3 Å². The average molecular weight is 395 g/mol. The Hall–Kier alpha value is -3.55. The molecule has 1 aliphatic rings. The summed E-state index contributed by atoms with van der Waals surface area (Å²) in [5, 5.41) is 12.8. The Labute approximate surface area is 167 Å². The van der Waals surface area contributed by atoms with Gasteiger partial charge in [-0.1, -0.05) is 18.2 Å². The number of benzene rings is 2. The lowest BCUT2D eigenvalue weighted by molar-refractivity contribution is -0.152. The van der Waals surface area contributed by atoms with Gasteiger partial charge in [0, 0.05) is 0 Å². The molecule has 2 N–H and O–H groups in total.